The molecule has 1 aromatic carbocycles. The van der Waals surface area contributed by atoms with Crippen molar-refractivity contribution in [3.8, 4) is 11.6 Å². The van der Waals surface area contributed by atoms with Gasteiger partial charge in [-0.05, 0) is 25.0 Å². The first-order valence-corrected chi connectivity index (χ1v) is 11.5. The summed E-state index contributed by atoms with van der Waals surface area (Å²) in [4.78, 5) is 23.3. The van der Waals surface area contributed by atoms with E-state index < -0.39 is 9.84 Å². The number of benzene rings is 1. The second-order valence-electron chi connectivity index (χ2n) is 7.23. The number of rotatable bonds is 7. The van der Waals surface area contributed by atoms with E-state index >= 15 is 0 Å². The van der Waals surface area contributed by atoms with E-state index in [1.807, 2.05) is 18.2 Å². The number of carbonyl (C=O) groups is 1. The fourth-order valence-electron chi connectivity index (χ4n) is 3.25. The number of aromatic nitrogens is 2. The van der Waals surface area contributed by atoms with Crippen molar-refractivity contribution in [3.05, 3.63) is 59.4 Å². The van der Waals surface area contributed by atoms with Gasteiger partial charge in [-0.3, -0.25) is 4.79 Å². The third-order valence-electron chi connectivity index (χ3n) is 4.75. The molecule has 1 aliphatic carbocycles. The van der Waals surface area contributed by atoms with Crippen LogP contribution in [0.1, 0.15) is 47.8 Å². The zero-order valence-electron chi connectivity index (χ0n) is 16.6. The van der Waals surface area contributed by atoms with Crippen LogP contribution in [0.5, 0.6) is 11.6 Å². The van der Waals surface area contributed by atoms with Gasteiger partial charge in [-0.1, -0.05) is 37.1 Å². The van der Waals surface area contributed by atoms with Gasteiger partial charge in [0.05, 0.1) is 0 Å². The highest BCUT2D eigenvalue weighted by molar-refractivity contribution is 7.93. The second-order valence-corrected chi connectivity index (χ2v) is 9.16. The average molecular weight is 416 g/mol. The molecule has 0 unspecified atom stereocenters. The predicted octanol–water partition coefficient (Wildman–Crippen LogP) is 3.56. The maximum Gasteiger partial charge on any atom is 0.260 e. The molecule has 7 nitrogen and oxygen atoms in total. The lowest BCUT2D eigenvalue weighted by atomic mass is 10.1. The number of amides is 1. The van der Waals surface area contributed by atoms with Gasteiger partial charge >= 0.3 is 0 Å². The van der Waals surface area contributed by atoms with Crippen molar-refractivity contribution in [1.29, 1.82) is 0 Å². The van der Waals surface area contributed by atoms with Crippen LogP contribution in [0.2, 0.25) is 0 Å². The van der Waals surface area contributed by atoms with E-state index in [-0.39, 0.29) is 29.8 Å². The van der Waals surface area contributed by atoms with Crippen LogP contribution in [0.3, 0.4) is 0 Å². The van der Waals surface area contributed by atoms with Crippen molar-refractivity contribution < 1.29 is 17.9 Å². The molecule has 154 valence electrons. The monoisotopic (exact) mass is 415 g/mol. The highest BCUT2D eigenvalue weighted by atomic mass is 32.2. The largest absolute Gasteiger partial charge is 0.438 e. The Morgan fingerprint density at radius 1 is 1.24 bits per heavy atom. The van der Waals surface area contributed by atoms with Crippen LogP contribution in [0.15, 0.2) is 48.0 Å². The molecule has 0 bridgehead atoms. The van der Waals surface area contributed by atoms with E-state index in [9.17, 15) is 13.2 Å². The third kappa shape index (κ3) is 5.87. The molecule has 0 radical (unpaired) electrons. The Balaban J connectivity index is 1.87. The molecular weight excluding hydrogens is 390 g/mol. The molecule has 29 heavy (non-hydrogen) atoms. The Kier molecular flexibility index (Phi) is 6.64. The minimum atomic E-state index is -3.24. The fourth-order valence-corrected chi connectivity index (χ4v) is 3.68. The van der Waals surface area contributed by atoms with Crippen molar-refractivity contribution in [2.24, 2.45) is 0 Å². The standard InChI is InChI=1S/C21H25N3O4S/c1-24(13-8-14-29(2,26)27)21(25)18-15-22-19(16-9-6-7-10-16)23-20(18)28-17-11-4-3-5-12-17/h3-5,8,11-12,14-16H,6-7,9-10,13H2,1-2H3. The minimum Gasteiger partial charge on any atom is -0.438 e. The third-order valence-corrected chi connectivity index (χ3v) is 5.44. The normalized spacial score (nSPS) is 15.0. The Morgan fingerprint density at radius 3 is 2.59 bits per heavy atom. The van der Waals surface area contributed by atoms with Crippen LogP contribution in [0.25, 0.3) is 0 Å². The van der Waals surface area contributed by atoms with Gasteiger partial charge in [0.1, 0.15) is 17.1 Å². The van der Waals surface area contributed by atoms with Crippen molar-refractivity contribution in [1.82, 2.24) is 14.9 Å². The molecule has 1 saturated carbocycles. The van der Waals surface area contributed by atoms with Gasteiger partial charge in [0, 0.05) is 37.4 Å². The van der Waals surface area contributed by atoms with Gasteiger partial charge in [-0.15, -0.1) is 0 Å². The predicted molar refractivity (Wildman–Crippen MR) is 111 cm³/mol. The first-order chi connectivity index (χ1) is 13.8. The summed E-state index contributed by atoms with van der Waals surface area (Å²) in [5.41, 5.74) is 0.242. The molecule has 1 aromatic heterocycles. The highest BCUT2D eigenvalue weighted by Gasteiger charge is 2.24. The zero-order chi connectivity index (χ0) is 20.9. The molecule has 0 atom stereocenters. The number of nitrogens with zero attached hydrogens (tertiary/aromatic N) is 3. The molecule has 0 aliphatic heterocycles. The number of para-hydroxylation sites is 1. The summed E-state index contributed by atoms with van der Waals surface area (Å²) < 4.78 is 28.4. The van der Waals surface area contributed by atoms with Gasteiger partial charge in [0.25, 0.3) is 5.91 Å². The fraction of sp³-hybridized carbons (Fsp3) is 0.381. The van der Waals surface area contributed by atoms with E-state index in [1.165, 1.54) is 17.2 Å². The molecule has 8 heteroatoms. The Bertz CT molecular complexity index is 984. The van der Waals surface area contributed by atoms with Gasteiger partial charge < -0.3 is 9.64 Å². The number of sulfone groups is 1. The molecule has 1 heterocycles. The van der Waals surface area contributed by atoms with Crippen molar-refractivity contribution in [2.75, 3.05) is 19.8 Å². The Hall–Kier alpha value is -2.74. The second kappa shape index (κ2) is 9.17. The first kappa shape index (κ1) is 21.0. The molecule has 1 amide bonds. The molecule has 1 aliphatic rings. The van der Waals surface area contributed by atoms with Crippen LogP contribution < -0.4 is 4.74 Å². The van der Waals surface area contributed by atoms with E-state index in [2.05, 4.69) is 9.97 Å². The Morgan fingerprint density at radius 2 is 1.93 bits per heavy atom. The molecule has 0 N–H and O–H groups in total. The van der Waals surface area contributed by atoms with Gasteiger partial charge in [0.15, 0.2) is 9.84 Å². The molecular formula is C21H25N3O4S. The highest BCUT2D eigenvalue weighted by Crippen LogP contribution is 2.34. The van der Waals surface area contributed by atoms with Gasteiger partial charge in [-0.2, -0.15) is 4.98 Å². The van der Waals surface area contributed by atoms with E-state index in [1.54, 1.807) is 19.2 Å². The average Bonchev–Trinajstić information content (AvgIpc) is 3.22. The van der Waals surface area contributed by atoms with Crippen molar-refractivity contribution >= 4 is 15.7 Å². The number of hydrogen-bond donors (Lipinski definition) is 0. The molecule has 3 rings (SSSR count). The van der Waals surface area contributed by atoms with Crippen LogP contribution in [0, 0.1) is 0 Å². The summed E-state index contributed by atoms with van der Waals surface area (Å²) in [6.45, 7) is 0.140. The molecule has 0 saturated heterocycles. The summed E-state index contributed by atoms with van der Waals surface area (Å²) in [7, 11) is -1.65. The van der Waals surface area contributed by atoms with E-state index in [0.717, 1.165) is 37.3 Å². The summed E-state index contributed by atoms with van der Waals surface area (Å²) >= 11 is 0. The topological polar surface area (TPSA) is 89.5 Å². The molecule has 0 spiro atoms. The van der Waals surface area contributed by atoms with Gasteiger partial charge in [-0.25, -0.2) is 13.4 Å². The lowest BCUT2D eigenvalue weighted by molar-refractivity contribution is 0.0806. The summed E-state index contributed by atoms with van der Waals surface area (Å²) in [5.74, 6) is 1.44. The minimum absolute atomic E-state index is 0.140. The quantitative estimate of drug-likeness (QED) is 0.687. The number of ether oxygens (including phenoxy) is 1. The van der Waals surface area contributed by atoms with E-state index in [4.69, 9.17) is 4.74 Å². The summed E-state index contributed by atoms with van der Waals surface area (Å²) in [5, 5.41) is 1.08. The smallest absolute Gasteiger partial charge is 0.260 e. The number of hydrogen-bond acceptors (Lipinski definition) is 6. The van der Waals surface area contributed by atoms with Crippen LogP contribution in [0.4, 0.5) is 0 Å². The summed E-state index contributed by atoms with van der Waals surface area (Å²) in [6.07, 6.45) is 8.42. The summed E-state index contributed by atoms with van der Waals surface area (Å²) in [6, 6.07) is 9.16. The maximum atomic E-state index is 12.9. The Labute approximate surface area is 171 Å². The molecule has 2 aromatic rings. The molecule has 1 fully saturated rings. The lowest BCUT2D eigenvalue weighted by Crippen LogP contribution is -2.28. The van der Waals surface area contributed by atoms with Crippen LogP contribution in [-0.4, -0.2) is 49.0 Å². The van der Waals surface area contributed by atoms with Crippen molar-refractivity contribution in [3.63, 3.8) is 0 Å². The van der Waals surface area contributed by atoms with Crippen LogP contribution >= 0.6 is 0 Å². The number of carbonyl (C=O) groups excluding carboxylic acids is 1. The lowest BCUT2D eigenvalue weighted by Gasteiger charge is -2.18. The zero-order valence-corrected chi connectivity index (χ0v) is 17.4. The van der Waals surface area contributed by atoms with Crippen molar-refractivity contribution in [2.45, 2.75) is 31.6 Å². The van der Waals surface area contributed by atoms with Gasteiger partial charge in [0.2, 0.25) is 5.88 Å². The SMILES string of the molecule is CN(CC=CS(C)(=O)=O)C(=O)c1cnc(C2CCCC2)nc1Oc1ccccc1. The van der Waals surface area contributed by atoms with E-state index in [0.29, 0.717) is 11.6 Å². The maximum absolute atomic E-state index is 12.9. The first-order valence-electron chi connectivity index (χ1n) is 9.55. The van der Waals surface area contributed by atoms with Crippen LogP contribution in [-0.2, 0) is 9.84 Å². The number of likely N-dealkylation sites (N-methyl/N-ethyl adjacent to an activating group) is 1.